The van der Waals surface area contributed by atoms with E-state index in [1.807, 2.05) is 13.8 Å². The summed E-state index contributed by atoms with van der Waals surface area (Å²) in [6, 6.07) is 8.13. The maximum Gasteiger partial charge on any atom is 0.244 e. The predicted molar refractivity (Wildman–Crippen MR) is 143 cm³/mol. The van der Waals surface area contributed by atoms with Gasteiger partial charge >= 0.3 is 0 Å². The Morgan fingerprint density at radius 1 is 0.943 bits per heavy atom. The lowest BCUT2D eigenvalue weighted by atomic mass is 10.1. The van der Waals surface area contributed by atoms with Crippen molar-refractivity contribution in [1.82, 2.24) is 10.2 Å². The molecular formula is C23H27Cl4N3O4S. The molecule has 0 aromatic heterocycles. The van der Waals surface area contributed by atoms with E-state index in [2.05, 4.69) is 5.32 Å². The van der Waals surface area contributed by atoms with Crippen LogP contribution in [0.3, 0.4) is 0 Å². The molecular weight excluding hydrogens is 556 g/mol. The van der Waals surface area contributed by atoms with Crippen molar-refractivity contribution < 1.29 is 18.0 Å². The number of rotatable bonds is 10. The molecule has 0 fully saturated rings. The van der Waals surface area contributed by atoms with Gasteiger partial charge in [0.05, 0.1) is 22.0 Å². The van der Waals surface area contributed by atoms with E-state index in [9.17, 15) is 18.0 Å². The number of amides is 2. The molecule has 0 heterocycles. The van der Waals surface area contributed by atoms with Crippen molar-refractivity contribution in [3.63, 3.8) is 0 Å². The maximum atomic E-state index is 13.5. The molecule has 12 heteroatoms. The van der Waals surface area contributed by atoms with Crippen LogP contribution in [0.4, 0.5) is 5.69 Å². The summed E-state index contributed by atoms with van der Waals surface area (Å²) in [7, 11) is -3.89. The summed E-state index contributed by atoms with van der Waals surface area (Å²) < 4.78 is 26.1. The van der Waals surface area contributed by atoms with Crippen molar-refractivity contribution in [2.45, 2.75) is 33.4 Å². The molecule has 2 amide bonds. The normalized spacial score (nSPS) is 12.4. The van der Waals surface area contributed by atoms with Crippen LogP contribution in [0, 0.1) is 5.92 Å². The zero-order chi connectivity index (χ0) is 26.5. The summed E-state index contributed by atoms with van der Waals surface area (Å²) in [6.07, 6.45) is 0.974. The first kappa shape index (κ1) is 29.5. The molecule has 0 saturated carbocycles. The molecule has 2 aromatic carbocycles. The van der Waals surface area contributed by atoms with E-state index in [4.69, 9.17) is 46.4 Å². The Balaban J connectivity index is 2.42. The SMILES string of the molecule is CC(C)CNC(=O)[C@H](C)N(Cc1ccc(Cl)cc1Cl)C(=O)CN(c1ccc(Cl)c(Cl)c1)S(C)(=O)=O. The first-order valence-corrected chi connectivity index (χ1v) is 14.0. The van der Waals surface area contributed by atoms with E-state index in [-0.39, 0.29) is 34.1 Å². The van der Waals surface area contributed by atoms with Crippen LogP contribution in [-0.2, 0) is 26.2 Å². The number of carbonyl (C=O) groups excluding carboxylic acids is 2. The summed E-state index contributed by atoms with van der Waals surface area (Å²) >= 11 is 24.3. The van der Waals surface area contributed by atoms with Crippen LogP contribution in [0.15, 0.2) is 36.4 Å². The Labute approximate surface area is 226 Å². The number of sulfonamides is 1. The highest BCUT2D eigenvalue weighted by atomic mass is 35.5. The monoisotopic (exact) mass is 581 g/mol. The molecule has 0 aliphatic heterocycles. The smallest absolute Gasteiger partial charge is 0.244 e. The number of benzene rings is 2. The second-order valence-electron chi connectivity index (χ2n) is 8.44. The van der Waals surface area contributed by atoms with E-state index in [0.717, 1.165) is 10.6 Å². The van der Waals surface area contributed by atoms with Gasteiger partial charge in [-0.2, -0.15) is 0 Å². The van der Waals surface area contributed by atoms with Gasteiger partial charge in [-0.05, 0) is 48.7 Å². The highest BCUT2D eigenvalue weighted by Crippen LogP contribution is 2.29. The maximum absolute atomic E-state index is 13.5. The molecule has 0 bridgehead atoms. The largest absolute Gasteiger partial charge is 0.354 e. The standard InChI is InChI=1S/C23H27Cl4N3O4S/c1-14(2)11-28-23(32)15(3)29(12-16-5-6-17(24)9-20(16)26)22(31)13-30(35(4,33)34)18-7-8-19(25)21(27)10-18/h5-10,14-15H,11-13H2,1-4H3,(H,28,32)/t15-/m0/s1. The minimum atomic E-state index is -3.89. The minimum absolute atomic E-state index is 0.0376. The Bertz CT molecular complexity index is 1190. The van der Waals surface area contributed by atoms with Crippen molar-refractivity contribution in [2.75, 3.05) is 23.7 Å². The summed E-state index contributed by atoms with van der Waals surface area (Å²) in [6.45, 7) is 5.28. The number of hydrogen-bond acceptors (Lipinski definition) is 4. The molecule has 192 valence electrons. The van der Waals surface area contributed by atoms with Crippen LogP contribution in [0.2, 0.25) is 20.1 Å². The number of carbonyl (C=O) groups is 2. The van der Waals surface area contributed by atoms with Gasteiger partial charge in [-0.3, -0.25) is 13.9 Å². The van der Waals surface area contributed by atoms with Crippen LogP contribution in [0.25, 0.3) is 0 Å². The molecule has 1 atom stereocenters. The molecule has 35 heavy (non-hydrogen) atoms. The average Bonchev–Trinajstić information content (AvgIpc) is 2.75. The summed E-state index contributed by atoms with van der Waals surface area (Å²) in [4.78, 5) is 27.6. The van der Waals surface area contributed by atoms with E-state index < -0.39 is 28.5 Å². The topological polar surface area (TPSA) is 86.8 Å². The fourth-order valence-corrected chi connectivity index (χ4v) is 4.72. The highest BCUT2D eigenvalue weighted by Gasteiger charge is 2.30. The zero-order valence-corrected chi connectivity index (χ0v) is 23.5. The van der Waals surface area contributed by atoms with Crippen molar-refractivity contribution >= 4 is 73.9 Å². The predicted octanol–water partition coefficient (Wildman–Crippen LogP) is 5.26. The number of halogens is 4. The van der Waals surface area contributed by atoms with E-state index >= 15 is 0 Å². The fraction of sp³-hybridized carbons (Fsp3) is 0.391. The molecule has 0 aliphatic carbocycles. The lowest BCUT2D eigenvalue weighted by Gasteiger charge is -2.32. The van der Waals surface area contributed by atoms with E-state index in [0.29, 0.717) is 22.2 Å². The van der Waals surface area contributed by atoms with Gasteiger partial charge in [0.1, 0.15) is 12.6 Å². The molecule has 0 spiro atoms. The molecule has 2 aromatic rings. The quantitative estimate of drug-likeness (QED) is 0.414. The molecule has 0 saturated heterocycles. The van der Waals surface area contributed by atoms with E-state index in [1.165, 1.54) is 29.2 Å². The Morgan fingerprint density at radius 3 is 2.14 bits per heavy atom. The molecule has 2 rings (SSSR count). The zero-order valence-electron chi connectivity index (χ0n) is 19.7. The molecule has 7 nitrogen and oxygen atoms in total. The summed E-state index contributed by atoms with van der Waals surface area (Å²) in [5.74, 6) is -0.784. The summed E-state index contributed by atoms with van der Waals surface area (Å²) in [5.41, 5.74) is 0.713. The Morgan fingerprint density at radius 2 is 1.60 bits per heavy atom. The van der Waals surface area contributed by atoms with Crippen molar-refractivity contribution in [2.24, 2.45) is 5.92 Å². The van der Waals surface area contributed by atoms with Crippen molar-refractivity contribution in [1.29, 1.82) is 0 Å². The third kappa shape index (κ3) is 8.43. The van der Waals surface area contributed by atoms with Crippen molar-refractivity contribution in [3.05, 3.63) is 62.1 Å². The lowest BCUT2D eigenvalue weighted by Crippen LogP contribution is -2.51. The van der Waals surface area contributed by atoms with Gasteiger partial charge < -0.3 is 10.2 Å². The number of anilines is 1. The van der Waals surface area contributed by atoms with Crippen LogP contribution < -0.4 is 9.62 Å². The highest BCUT2D eigenvalue weighted by molar-refractivity contribution is 7.92. The molecule has 0 aliphatic rings. The number of hydrogen-bond donors (Lipinski definition) is 1. The van der Waals surface area contributed by atoms with Gasteiger partial charge in [0.2, 0.25) is 21.8 Å². The lowest BCUT2D eigenvalue weighted by molar-refractivity contribution is -0.139. The van der Waals surface area contributed by atoms with Gasteiger partial charge in [-0.25, -0.2) is 8.42 Å². The minimum Gasteiger partial charge on any atom is -0.354 e. The Hall–Kier alpha value is -1.71. The van der Waals surface area contributed by atoms with Crippen molar-refractivity contribution in [3.8, 4) is 0 Å². The number of nitrogens with zero attached hydrogens (tertiary/aromatic N) is 2. The first-order valence-electron chi connectivity index (χ1n) is 10.6. The van der Waals surface area contributed by atoms with Crippen LogP contribution in [-0.4, -0.2) is 50.5 Å². The average molecular weight is 583 g/mol. The van der Waals surface area contributed by atoms with Crippen LogP contribution in [0.5, 0.6) is 0 Å². The molecule has 1 N–H and O–H groups in total. The Kier molecular flexibility index (Phi) is 10.5. The van der Waals surface area contributed by atoms with E-state index in [1.54, 1.807) is 19.1 Å². The number of nitrogens with one attached hydrogen (secondary N) is 1. The molecule has 0 radical (unpaired) electrons. The first-order chi connectivity index (χ1) is 16.2. The van der Waals surface area contributed by atoms with Gasteiger partial charge in [0.25, 0.3) is 0 Å². The van der Waals surface area contributed by atoms with Gasteiger partial charge in [-0.15, -0.1) is 0 Å². The fourth-order valence-electron chi connectivity index (χ4n) is 3.12. The third-order valence-corrected chi connectivity index (χ3v) is 7.54. The third-order valence-electron chi connectivity index (χ3n) is 5.08. The molecule has 0 unspecified atom stereocenters. The van der Waals surface area contributed by atoms with Crippen LogP contribution >= 0.6 is 46.4 Å². The second-order valence-corrected chi connectivity index (χ2v) is 12.0. The van der Waals surface area contributed by atoms with Crippen LogP contribution in [0.1, 0.15) is 26.3 Å². The van der Waals surface area contributed by atoms with Gasteiger partial charge in [0, 0.05) is 23.1 Å². The van der Waals surface area contributed by atoms with Gasteiger partial charge in [0.15, 0.2) is 0 Å². The van der Waals surface area contributed by atoms with Gasteiger partial charge in [-0.1, -0.05) is 66.3 Å². The second kappa shape index (κ2) is 12.5. The summed E-state index contributed by atoms with van der Waals surface area (Å²) in [5, 5.41) is 3.91.